The monoisotopic (exact) mass is 455 g/mol. The fraction of sp³-hybridized carbons (Fsp3) is 0.214. The fourth-order valence-corrected chi connectivity index (χ4v) is 4.69. The summed E-state index contributed by atoms with van der Waals surface area (Å²) in [4.78, 5) is 33.1. The van der Waals surface area contributed by atoms with E-state index >= 15 is 0 Å². The number of halogens is 1. The van der Waals surface area contributed by atoms with Crippen LogP contribution < -0.4 is 9.80 Å². The highest BCUT2D eigenvalue weighted by molar-refractivity contribution is 6.45. The number of carbonyl (C=O) groups excluding carboxylic acids is 2. The molecule has 2 aliphatic heterocycles. The number of rotatable bonds is 4. The van der Waals surface area contributed by atoms with Gasteiger partial charge in [-0.1, -0.05) is 42.5 Å². The maximum absolute atomic E-state index is 13.8. The second kappa shape index (κ2) is 8.78. The van der Waals surface area contributed by atoms with Crippen LogP contribution in [0.25, 0.3) is 5.57 Å². The van der Waals surface area contributed by atoms with E-state index in [1.807, 2.05) is 55.1 Å². The Morgan fingerprint density at radius 1 is 0.735 bits per heavy atom. The molecule has 34 heavy (non-hydrogen) atoms. The van der Waals surface area contributed by atoms with Crippen LogP contribution in [0.1, 0.15) is 16.7 Å². The van der Waals surface area contributed by atoms with Gasteiger partial charge < -0.3 is 9.80 Å². The summed E-state index contributed by atoms with van der Waals surface area (Å²) in [6.07, 6.45) is 0. The molecule has 1 fully saturated rings. The van der Waals surface area contributed by atoms with Crippen LogP contribution in [0.3, 0.4) is 0 Å². The van der Waals surface area contributed by atoms with Crippen LogP contribution in [0.5, 0.6) is 0 Å². The third-order valence-electron chi connectivity index (χ3n) is 6.52. The molecule has 0 aliphatic carbocycles. The van der Waals surface area contributed by atoms with Crippen LogP contribution in [0, 0.1) is 19.7 Å². The van der Waals surface area contributed by atoms with E-state index in [1.54, 1.807) is 12.1 Å². The van der Waals surface area contributed by atoms with E-state index in [1.165, 1.54) is 17.0 Å². The first-order valence-corrected chi connectivity index (χ1v) is 11.5. The number of amides is 2. The number of carbonyl (C=O) groups is 2. The first kappa shape index (κ1) is 21.9. The Morgan fingerprint density at radius 3 is 2.06 bits per heavy atom. The van der Waals surface area contributed by atoms with Crippen LogP contribution in [0.15, 0.2) is 78.5 Å². The second-order valence-electron chi connectivity index (χ2n) is 8.78. The van der Waals surface area contributed by atoms with Crippen molar-refractivity contribution in [1.82, 2.24) is 4.90 Å². The number of imide groups is 1. The number of piperazine rings is 1. The van der Waals surface area contributed by atoms with Gasteiger partial charge in [0, 0.05) is 31.9 Å². The molecule has 5 rings (SSSR count). The van der Waals surface area contributed by atoms with Crippen molar-refractivity contribution in [3.63, 3.8) is 0 Å². The van der Waals surface area contributed by atoms with Gasteiger partial charge >= 0.3 is 0 Å². The zero-order chi connectivity index (χ0) is 23.8. The number of nitrogens with zero attached hydrogens (tertiary/aromatic N) is 3. The first-order valence-electron chi connectivity index (χ1n) is 11.5. The highest BCUT2D eigenvalue weighted by Gasteiger charge is 2.43. The number of para-hydroxylation sites is 1. The van der Waals surface area contributed by atoms with Crippen molar-refractivity contribution >= 4 is 28.8 Å². The zero-order valence-electron chi connectivity index (χ0n) is 19.3. The van der Waals surface area contributed by atoms with Crippen molar-refractivity contribution in [2.45, 2.75) is 13.8 Å². The third kappa shape index (κ3) is 3.85. The molecule has 5 nitrogen and oxygen atoms in total. The van der Waals surface area contributed by atoms with Gasteiger partial charge in [-0.05, 0) is 60.9 Å². The lowest BCUT2D eigenvalue weighted by Crippen LogP contribution is -2.47. The van der Waals surface area contributed by atoms with E-state index in [2.05, 4.69) is 17.0 Å². The van der Waals surface area contributed by atoms with Gasteiger partial charge in [0.2, 0.25) is 0 Å². The predicted molar refractivity (Wildman–Crippen MR) is 132 cm³/mol. The van der Waals surface area contributed by atoms with Gasteiger partial charge in [-0.2, -0.15) is 0 Å². The van der Waals surface area contributed by atoms with Gasteiger partial charge in [0.1, 0.15) is 11.5 Å². The van der Waals surface area contributed by atoms with Crippen molar-refractivity contribution in [3.8, 4) is 0 Å². The molecule has 0 aromatic heterocycles. The Kier molecular flexibility index (Phi) is 5.65. The highest BCUT2D eigenvalue weighted by atomic mass is 19.1. The van der Waals surface area contributed by atoms with Crippen molar-refractivity contribution in [1.29, 1.82) is 0 Å². The second-order valence-corrected chi connectivity index (χ2v) is 8.78. The topological polar surface area (TPSA) is 43.9 Å². The van der Waals surface area contributed by atoms with E-state index < -0.39 is 0 Å². The summed E-state index contributed by atoms with van der Waals surface area (Å²) in [5.74, 6) is -1.08. The van der Waals surface area contributed by atoms with Crippen LogP contribution in [-0.2, 0) is 9.59 Å². The average molecular weight is 456 g/mol. The molecule has 0 radical (unpaired) electrons. The number of aryl methyl sites for hydroxylation is 2. The Hall–Kier alpha value is -3.93. The van der Waals surface area contributed by atoms with Crippen LogP contribution in [0.2, 0.25) is 0 Å². The minimum atomic E-state index is -0.384. The average Bonchev–Trinajstić information content (AvgIpc) is 3.11. The van der Waals surface area contributed by atoms with E-state index in [9.17, 15) is 14.0 Å². The Balaban J connectivity index is 1.53. The molecule has 0 N–H and O–H groups in total. The molecule has 0 spiro atoms. The standard InChI is InChI=1S/C28H26FN3O2/c1-19-8-9-20(2)24(18-19)32-27(33)25(21-10-12-22(29)13-11-21)26(28(32)34)31-16-14-30(15-17-31)23-6-4-3-5-7-23/h3-13,18H,14-17H2,1-2H3. The van der Waals surface area contributed by atoms with Gasteiger partial charge in [0.25, 0.3) is 11.8 Å². The molecule has 6 heteroatoms. The molecule has 2 aliphatic rings. The maximum Gasteiger partial charge on any atom is 0.282 e. The molecule has 2 heterocycles. The lowest BCUT2D eigenvalue weighted by atomic mass is 10.0. The van der Waals surface area contributed by atoms with Crippen molar-refractivity contribution < 1.29 is 14.0 Å². The van der Waals surface area contributed by atoms with Crippen molar-refractivity contribution in [2.24, 2.45) is 0 Å². The minimum absolute atomic E-state index is 0.328. The largest absolute Gasteiger partial charge is 0.368 e. The molecule has 3 aromatic rings. The van der Waals surface area contributed by atoms with Gasteiger partial charge in [-0.15, -0.1) is 0 Å². The van der Waals surface area contributed by atoms with Gasteiger partial charge in [0.15, 0.2) is 0 Å². The number of hydrogen-bond donors (Lipinski definition) is 0. The Morgan fingerprint density at radius 2 is 1.38 bits per heavy atom. The first-order chi connectivity index (χ1) is 16.4. The van der Waals surface area contributed by atoms with Crippen molar-refractivity contribution in [2.75, 3.05) is 36.0 Å². The van der Waals surface area contributed by atoms with E-state index in [-0.39, 0.29) is 17.6 Å². The van der Waals surface area contributed by atoms with Crippen molar-refractivity contribution in [3.05, 3.63) is 101 Å². The molecule has 172 valence electrons. The molecule has 0 atom stereocenters. The number of anilines is 2. The van der Waals surface area contributed by atoms with E-state index in [0.717, 1.165) is 29.9 Å². The molecule has 0 bridgehead atoms. The van der Waals surface area contributed by atoms with Gasteiger partial charge in [0.05, 0.1) is 11.3 Å². The fourth-order valence-electron chi connectivity index (χ4n) is 4.69. The summed E-state index contributed by atoms with van der Waals surface area (Å²) in [6, 6.07) is 21.7. The van der Waals surface area contributed by atoms with Crippen LogP contribution in [-0.4, -0.2) is 42.9 Å². The van der Waals surface area contributed by atoms with E-state index in [0.29, 0.717) is 35.6 Å². The Labute approximate surface area is 198 Å². The minimum Gasteiger partial charge on any atom is -0.368 e. The summed E-state index contributed by atoms with van der Waals surface area (Å²) in [7, 11) is 0. The lowest BCUT2D eigenvalue weighted by Gasteiger charge is -2.37. The third-order valence-corrected chi connectivity index (χ3v) is 6.52. The normalized spacial score (nSPS) is 16.6. The predicted octanol–water partition coefficient (Wildman–Crippen LogP) is 4.55. The van der Waals surface area contributed by atoms with Crippen LogP contribution >= 0.6 is 0 Å². The quantitative estimate of drug-likeness (QED) is 0.542. The molecular formula is C28H26FN3O2. The Bertz CT molecular complexity index is 1280. The molecule has 3 aromatic carbocycles. The zero-order valence-corrected chi connectivity index (χ0v) is 19.3. The van der Waals surface area contributed by atoms with Gasteiger partial charge in [-0.3, -0.25) is 9.59 Å². The van der Waals surface area contributed by atoms with E-state index in [4.69, 9.17) is 0 Å². The lowest BCUT2D eigenvalue weighted by molar-refractivity contribution is -0.120. The number of benzene rings is 3. The summed E-state index contributed by atoms with van der Waals surface area (Å²) < 4.78 is 13.6. The summed E-state index contributed by atoms with van der Waals surface area (Å²) in [5, 5.41) is 0. The smallest absolute Gasteiger partial charge is 0.282 e. The highest BCUT2D eigenvalue weighted by Crippen LogP contribution is 2.37. The number of hydrogen-bond acceptors (Lipinski definition) is 4. The summed E-state index contributed by atoms with van der Waals surface area (Å²) in [6.45, 7) is 6.50. The maximum atomic E-state index is 13.8. The summed E-state index contributed by atoms with van der Waals surface area (Å²) >= 11 is 0. The summed E-state index contributed by atoms with van der Waals surface area (Å²) in [5.41, 5.74) is 4.82. The molecule has 1 saturated heterocycles. The molecule has 0 unspecified atom stereocenters. The molecule has 2 amide bonds. The molecule has 0 saturated carbocycles. The van der Waals surface area contributed by atoms with Crippen LogP contribution in [0.4, 0.5) is 15.8 Å². The SMILES string of the molecule is Cc1ccc(C)c(N2C(=O)C(c3ccc(F)cc3)=C(N3CCN(c4ccccc4)CC3)C2=O)c1. The molecular weight excluding hydrogens is 429 g/mol. The van der Waals surface area contributed by atoms with Gasteiger partial charge in [-0.25, -0.2) is 9.29 Å².